The predicted molar refractivity (Wildman–Crippen MR) is 63.9 cm³/mol. The third-order valence-corrected chi connectivity index (χ3v) is 2.26. The van der Waals surface area contributed by atoms with Crippen molar-refractivity contribution in [2.75, 3.05) is 33.2 Å². The zero-order chi connectivity index (χ0) is 11.1. The van der Waals surface area contributed by atoms with Crippen LogP contribution < -0.4 is 0 Å². The Labute approximate surface area is 92.9 Å². The van der Waals surface area contributed by atoms with E-state index in [9.17, 15) is 4.79 Å². The molecule has 0 bridgehead atoms. The zero-order valence-corrected chi connectivity index (χ0v) is 10.6. The average Bonchev–Trinajstić information content (AvgIpc) is 2.04. The van der Waals surface area contributed by atoms with Crippen molar-refractivity contribution in [3.05, 3.63) is 0 Å². The van der Waals surface area contributed by atoms with Crippen molar-refractivity contribution in [3.8, 4) is 0 Å². The molecule has 0 spiro atoms. The summed E-state index contributed by atoms with van der Waals surface area (Å²) in [5, 5.41) is 0.310. The van der Waals surface area contributed by atoms with E-state index in [0.29, 0.717) is 11.8 Å². The highest BCUT2D eigenvalue weighted by Crippen LogP contribution is 1.97. The molecule has 0 rings (SSSR count). The highest BCUT2D eigenvalue weighted by Gasteiger charge is 2.12. The highest BCUT2D eigenvalue weighted by atomic mass is 32.1. The summed E-state index contributed by atoms with van der Waals surface area (Å²) in [6.45, 7) is 8.95. The van der Waals surface area contributed by atoms with Crippen LogP contribution in [0, 0.1) is 0 Å². The maximum Gasteiger partial charge on any atom is 0.236 e. The van der Waals surface area contributed by atoms with E-state index in [-0.39, 0.29) is 5.91 Å². The molecule has 14 heavy (non-hydrogen) atoms. The first kappa shape index (κ1) is 13.8. The molecule has 0 aromatic heterocycles. The lowest BCUT2D eigenvalue weighted by atomic mass is 10.4. The molecular weight excluding hydrogens is 196 g/mol. The van der Waals surface area contributed by atoms with Crippen molar-refractivity contribution >= 4 is 18.5 Å². The fourth-order valence-electron chi connectivity index (χ4n) is 1.42. The molecule has 1 atom stereocenters. The van der Waals surface area contributed by atoms with Gasteiger partial charge in [-0.1, -0.05) is 6.92 Å². The van der Waals surface area contributed by atoms with Crippen LogP contribution in [0.5, 0.6) is 0 Å². The summed E-state index contributed by atoms with van der Waals surface area (Å²) in [5.41, 5.74) is 0. The predicted octanol–water partition coefficient (Wildman–Crippen LogP) is 1.10. The number of amides is 1. The molecule has 0 aliphatic carbocycles. The summed E-state index contributed by atoms with van der Waals surface area (Å²) in [6, 6.07) is 0. The molecule has 0 fully saturated rings. The van der Waals surface area contributed by atoms with E-state index in [2.05, 4.69) is 12.6 Å². The van der Waals surface area contributed by atoms with Crippen LogP contribution in [-0.2, 0) is 4.79 Å². The Balaban J connectivity index is 3.91. The topological polar surface area (TPSA) is 23.6 Å². The van der Waals surface area contributed by atoms with Crippen molar-refractivity contribution in [1.29, 1.82) is 0 Å². The largest absolute Gasteiger partial charge is 0.342 e. The molecule has 0 heterocycles. The van der Waals surface area contributed by atoms with Gasteiger partial charge in [0.2, 0.25) is 5.91 Å². The summed E-state index contributed by atoms with van der Waals surface area (Å²) < 4.78 is 0. The fraction of sp³-hybridized carbons (Fsp3) is 0.900. The second-order valence-corrected chi connectivity index (χ2v) is 4.49. The van der Waals surface area contributed by atoms with Crippen molar-refractivity contribution in [2.45, 2.75) is 26.0 Å². The molecule has 1 unspecified atom stereocenters. The quantitative estimate of drug-likeness (QED) is 0.675. The van der Waals surface area contributed by atoms with Gasteiger partial charge in [0.15, 0.2) is 0 Å². The molecule has 4 heteroatoms. The zero-order valence-electron chi connectivity index (χ0n) is 9.66. The Morgan fingerprint density at radius 2 is 1.86 bits per heavy atom. The molecule has 3 nitrogen and oxygen atoms in total. The van der Waals surface area contributed by atoms with Crippen molar-refractivity contribution < 1.29 is 4.79 Å². The van der Waals surface area contributed by atoms with Crippen LogP contribution in [0.3, 0.4) is 0 Å². The van der Waals surface area contributed by atoms with E-state index in [4.69, 9.17) is 0 Å². The maximum atomic E-state index is 11.7. The molecular formula is C10H22N2OS. The van der Waals surface area contributed by atoms with Gasteiger partial charge in [0.25, 0.3) is 0 Å². The first-order valence-corrected chi connectivity index (χ1v) is 5.67. The molecule has 0 N–H and O–H groups in total. The van der Waals surface area contributed by atoms with Gasteiger partial charge in [-0.3, -0.25) is 9.69 Å². The minimum atomic E-state index is 0.200. The van der Waals surface area contributed by atoms with Gasteiger partial charge in [-0.05, 0) is 20.9 Å². The van der Waals surface area contributed by atoms with E-state index < -0.39 is 0 Å². The van der Waals surface area contributed by atoms with Gasteiger partial charge in [0, 0.05) is 24.9 Å². The van der Waals surface area contributed by atoms with Gasteiger partial charge in [-0.15, -0.1) is 0 Å². The first-order valence-electron chi connectivity index (χ1n) is 5.15. The van der Waals surface area contributed by atoms with Crippen LogP contribution in [0.1, 0.15) is 20.8 Å². The number of nitrogens with zero attached hydrogens (tertiary/aromatic N) is 2. The smallest absolute Gasteiger partial charge is 0.236 e. The number of likely N-dealkylation sites (N-methyl/N-ethyl adjacent to an activating group) is 2. The Hall–Kier alpha value is -0.220. The van der Waals surface area contributed by atoms with E-state index in [1.54, 1.807) is 0 Å². The Morgan fingerprint density at radius 1 is 1.36 bits per heavy atom. The van der Waals surface area contributed by atoms with Gasteiger partial charge < -0.3 is 4.90 Å². The average molecular weight is 218 g/mol. The summed E-state index contributed by atoms with van der Waals surface area (Å²) in [6.07, 6.45) is 0. The lowest BCUT2D eigenvalue weighted by Gasteiger charge is -2.23. The van der Waals surface area contributed by atoms with Gasteiger partial charge in [-0.2, -0.15) is 12.6 Å². The minimum absolute atomic E-state index is 0.200. The molecule has 0 saturated heterocycles. The van der Waals surface area contributed by atoms with Crippen molar-refractivity contribution in [2.24, 2.45) is 0 Å². The van der Waals surface area contributed by atoms with Crippen LogP contribution in [0.4, 0.5) is 0 Å². The summed E-state index contributed by atoms with van der Waals surface area (Å²) in [4.78, 5) is 15.5. The Kier molecular flexibility index (Phi) is 7.01. The summed E-state index contributed by atoms with van der Waals surface area (Å²) >= 11 is 4.29. The second-order valence-electron chi connectivity index (χ2n) is 3.61. The standard InChI is InChI=1S/C10H22N2OS/c1-5-12(6-2)10(13)8-11(4)7-9(3)14/h9,14H,5-8H2,1-4H3. The van der Waals surface area contributed by atoms with Crippen LogP contribution >= 0.6 is 12.6 Å². The van der Waals surface area contributed by atoms with Crippen LogP contribution in [0.15, 0.2) is 0 Å². The van der Waals surface area contributed by atoms with Crippen molar-refractivity contribution in [1.82, 2.24) is 9.80 Å². The minimum Gasteiger partial charge on any atom is -0.342 e. The molecule has 0 aliphatic heterocycles. The number of rotatable bonds is 6. The third-order valence-electron chi connectivity index (χ3n) is 2.10. The Morgan fingerprint density at radius 3 is 2.21 bits per heavy atom. The third kappa shape index (κ3) is 5.50. The molecule has 1 amide bonds. The van der Waals surface area contributed by atoms with Crippen LogP contribution in [0.25, 0.3) is 0 Å². The normalized spacial score (nSPS) is 13.0. The monoisotopic (exact) mass is 218 g/mol. The highest BCUT2D eigenvalue weighted by molar-refractivity contribution is 7.80. The number of thiol groups is 1. The van der Waals surface area contributed by atoms with Gasteiger partial charge >= 0.3 is 0 Å². The Bertz CT molecular complexity index is 170. The lowest BCUT2D eigenvalue weighted by molar-refractivity contribution is -0.131. The van der Waals surface area contributed by atoms with E-state index in [1.807, 2.05) is 37.6 Å². The number of hydrogen-bond donors (Lipinski definition) is 1. The molecule has 84 valence electrons. The lowest BCUT2D eigenvalue weighted by Crippen LogP contribution is -2.40. The van der Waals surface area contributed by atoms with E-state index in [1.165, 1.54) is 0 Å². The maximum absolute atomic E-state index is 11.7. The van der Waals surface area contributed by atoms with E-state index >= 15 is 0 Å². The van der Waals surface area contributed by atoms with Gasteiger partial charge in [0.1, 0.15) is 0 Å². The molecule has 0 aromatic carbocycles. The molecule has 0 radical (unpaired) electrons. The SMILES string of the molecule is CCN(CC)C(=O)CN(C)CC(C)S. The fourth-order valence-corrected chi connectivity index (χ4v) is 1.70. The van der Waals surface area contributed by atoms with Crippen LogP contribution in [-0.4, -0.2) is 54.2 Å². The van der Waals surface area contributed by atoms with Gasteiger partial charge in [-0.25, -0.2) is 0 Å². The molecule has 0 aliphatic rings. The molecule has 0 saturated carbocycles. The summed E-state index contributed by atoms with van der Waals surface area (Å²) in [5.74, 6) is 0.200. The van der Waals surface area contributed by atoms with Crippen LogP contribution in [0.2, 0.25) is 0 Å². The number of carbonyl (C=O) groups is 1. The number of hydrogen-bond acceptors (Lipinski definition) is 3. The van der Waals surface area contributed by atoms with E-state index in [0.717, 1.165) is 19.6 Å². The first-order chi connectivity index (χ1) is 6.51. The number of carbonyl (C=O) groups excluding carboxylic acids is 1. The second kappa shape index (κ2) is 7.12. The summed E-state index contributed by atoms with van der Waals surface area (Å²) in [7, 11) is 1.95. The molecule has 0 aromatic rings. The van der Waals surface area contributed by atoms with Gasteiger partial charge in [0.05, 0.1) is 6.54 Å². The van der Waals surface area contributed by atoms with Crippen molar-refractivity contribution in [3.63, 3.8) is 0 Å².